The van der Waals surface area contributed by atoms with Crippen molar-refractivity contribution in [1.82, 2.24) is 9.80 Å². The van der Waals surface area contributed by atoms with E-state index >= 15 is 0 Å². The predicted octanol–water partition coefficient (Wildman–Crippen LogP) is 0.0401. The van der Waals surface area contributed by atoms with Crippen molar-refractivity contribution in [2.24, 2.45) is 5.92 Å². The Labute approximate surface area is 94.0 Å². The van der Waals surface area contributed by atoms with Crippen LogP contribution in [-0.4, -0.2) is 59.8 Å². The number of rotatable bonds is 1. The first-order chi connectivity index (χ1) is 7.18. The van der Waals surface area contributed by atoms with Gasteiger partial charge in [-0.3, -0.25) is 9.59 Å². The highest BCUT2D eigenvalue weighted by Crippen LogP contribution is 2.20. The first-order valence-electron chi connectivity index (χ1n) is 5.29. The number of nitrogens with zero attached hydrogens (tertiary/aromatic N) is 2. The number of carbonyl (C=O) groups excluding carboxylic acids is 2. The highest BCUT2D eigenvalue weighted by Gasteiger charge is 2.34. The van der Waals surface area contributed by atoms with E-state index in [-0.39, 0.29) is 17.7 Å². The first-order valence-corrected chi connectivity index (χ1v) is 6.44. The summed E-state index contributed by atoms with van der Waals surface area (Å²) in [6, 6.07) is 0. The summed E-state index contributed by atoms with van der Waals surface area (Å²) in [6.45, 7) is 2.29. The van der Waals surface area contributed by atoms with E-state index in [1.807, 2.05) is 16.7 Å². The Morgan fingerprint density at radius 1 is 1.40 bits per heavy atom. The minimum absolute atomic E-state index is 0.0920. The average molecular weight is 228 g/mol. The van der Waals surface area contributed by atoms with Gasteiger partial charge in [-0.1, -0.05) is 0 Å². The van der Waals surface area contributed by atoms with Gasteiger partial charge in [0.15, 0.2) is 0 Å². The van der Waals surface area contributed by atoms with Gasteiger partial charge in [0.2, 0.25) is 11.8 Å². The highest BCUT2D eigenvalue weighted by atomic mass is 32.2. The quantitative estimate of drug-likeness (QED) is 0.636. The molecule has 0 aliphatic carbocycles. The summed E-state index contributed by atoms with van der Waals surface area (Å²) in [4.78, 5) is 26.9. The van der Waals surface area contributed by atoms with Gasteiger partial charge in [0.1, 0.15) is 0 Å². The number of hydrogen-bond donors (Lipinski definition) is 0. The first kappa shape index (κ1) is 10.8. The molecule has 0 unspecified atom stereocenters. The summed E-state index contributed by atoms with van der Waals surface area (Å²) in [5.41, 5.74) is 0. The van der Waals surface area contributed by atoms with Crippen LogP contribution in [0.25, 0.3) is 0 Å². The lowest BCUT2D eigenvalue weighted by atomic mass is 10.1. The molecule has 2 aliphatic rings. The summed E-state index contributed by atoms with van der Waals surface area (Å²) in [6.07, 6.45) is 0.402. The summed E-state index contributed by atoms with van der Waals surface area (Å²) in [5.74, 6) is 2.24. The minimum Gasteiger partial charge on any atom is -0.345 e. The van der Waals surface area contributed by atoms with E-state index in [4.69, 9.17) is 0 Å². The Morgan fingerprint density at radius 2 is 2.07 bits per heavy atom. The fraction of sp³-hybridized carbons (Fsp3) is 0.800. The molecule has 2 heterocycles. The van der Waals surface area contributed by atoms with Gasteiger partial charge in [0.25, 0.3) is 0 Å². The Balaban J connectivity index is 1.93. The molecule has 2 rings (SSSR count). The molecule has 2 fully saturated rings. The lowest BCUT2D eigenvalue weighted by Gasteiger charge is -2.28. The third kappa shape index (κ3) is 2.27. The van der Waals surface area contributed by atoms with E-state index < -0.39 is 0 Å². The van der Waals surface area contributed by atoms with Crippen molar-refractivity contribution in [3.63, 3.8) is 0 Å². The monoisotopic (exact) mass is 228 g/mol. The zero-order chi connectivity index (χ0) is 10.8. The summed E-state index contributed by atoms with van der Waals surface area (Å²) in [5, 5.41) is 0. The van der Waals surface area contributed by atoms with Crippen LogP contribution in [0.15, 0.2) is 0 Å². The third-order valence-electron chi connectivity index (χ3n) is 3.01. The van der Waals surface area contributed by atoms with E-state index in [0.29, 0.717) is 13.0 Å². The van der Waals surface area contributed by atoms with E-state index in [9.17, 15) is 9.59 Å². The van der Waals surface area contributed by atoms with Crippen molar-refractivity contribution < 1.29 is 9.59 Å². The molecule has 0 aromatic carbocycles. The zero-order valence-electron chi connectivity index (χ0n) is 8.94. The van der Waals surface area contributed by atoms with Crippen molar-refractivity contribution in [1.29, 1.82) is 0 Å². The summed E-state index contributed by atoms with van der Waals surface area (Å²) >= 11 is 1.89. The molecule has 0 spiro atoms. The van der Waals surface area contributed by atoms with Crippen LogP contribution >= 0.6 is 11.8 Å². The molecule has 15 heavy (non-hydrogen) atoms. The van der Waals surface area contributed by atoms with Crippen molar-refractivity contribution in [3.8, 4) is 0 Å². The topological polar surface area (TPSA) is 40.6 Å². The van der Waals surface area contributed by atoms with Crippen LogP contribution in [0, 0.1) is 5.92 Å². The molecule has 5 heteroatoms. The molecule has 1 atom stereocenters. The second-order valence-electron chi connectivity index (χ2n) is 4.11. The van der Waals surface area contributed by atoms with Crippen molar-refractivity contribution >= 4 is 23.6 Å². The molecular formula is C10H16N2O2S. The number of carbonyl (C=O) groups is 2. The normalized spacial score (nSPS) is 27.3. The molecule has 0 N–H and O–H groups in total. The van der Waals surface area contributed by atoms with Crippen LogP contribution in [0.3, 0.4) is 0 Å². The summed E-state index contributed by atoms with van der Waals surface area (Å²) in [7, 11) is 1.77. The average Bonchev–Trinajstić information content (AvgIpc) is 2.59. The molecule has 0 aromatic rings. The number of thioether (sulfide) groups is 1. The Hall–Kier alpha value is -0.710. The van der Waals surface area contributed by atoms with E-state index in [0.717, 1.165) is 24.6 Å². The Bertz CT molecular complexity index is 277. The molecular weight excluding hydrogens is 212 g/mol. The van der Waals surface area contributed by atoms with Gasteiger partial charge in [-0.05, 0) is 0 Å². The second-order valence-corrected chi connectivity index (χ2v) is 5.34. The highest BCUT2D eigenvalue weighted by molar-refractivity contribution is 7.99. The molecule has 2 aliphatic heterocycles. The van der Waals surface area contributed by atoms with E-state index in [1.54, 1.807) is 11.9 Å². The Morgan fingerprint density at radius 3 is 2.60 bits per heavy atom. The van der Waals surface area contributed by atoms with Gasteiger partial charge in [-0.15, -0.1) is 0 Å². The van der Waals surface area contributed by atoms with Crippen molar-refractivity contribution in [2.75, 3.05) is 38.2 Å². The molecule has 2 amide bonds. The molecule has 4 nitrogen and oxygen atoms in total. The maximum Gasteiger partial charge on any atom is 0.228 e. The smallest absolute Gasteiger partial charge is 0.228 e. The van der Waals surface area contributed by atoms with Crippen LogP contribution in [0.2, 0.25) is 0 Å². The molecule has 0 bridgehead atoms. The maximum absolute atomic E-state index is 12.0. The fourth-order valence-electron chi connectivity index (χ4n) is 2.07. The van der Waals surface area contributed by atoms with Crippen molar-refractivity contribution in [3.05, 3.63) is 0 Å². The largest absolute Gasteiger partial charge is 0.345 e. The van der Waals surface area contributed by atoms with Gasteiger partial charge in [0.05, 0.1) is 5.92 Å². The van der Waals surface area contributed by atoms with Crippen LogP contribution < -0.4 is 0 Å². The Kier molecular flexibility index (Phi) is 3.19. The minimum atomic E-state index is -0.0920. The zero-order valence-corrected chi connectivity index (χ0v) is 9.76. The molecule has 0 saturated carbocycles. The lowest BCUT2D eigenvalue weighted by Crippen LogP contribution is -2.42. The van der Waals surface area contributed by atoms with E-state index in [1.165, 1.54) is 0 Å². The molecule has 0 aromatic heterocycles. The van der Waals surface area contributed by atoms with E-state index in [2.05, 4.69) is 0 Å². The summed E-state index contributed by atoms with van der Waals surface area (Å²) < 4.78 is 0. The van der Waals surface area contributed by atoms with Crippen LogP contribution in [0.1, 0.15) is 6.42 Å². The SMILES string of the molecule is CN1C[C@H](C(=O)N2CCSCC2)CC1=O. The van der Waals surface area contributed by atoms with Gasteiger partial charge in [0, 0.05) is 44.6 Å². The molecule has 84 valence electrons. The number of hydrogen-bond acceptors (Lipinski definition) is 3. The molecule has 0 radical (unpaired) electrons. The fourth-order valence-corrected chi connectivity index (χ4v) is 2.97. The van der Waals surface area contributed by atoms with Gasteiger partial charge in [-0.25, -0.2) is 0 Å². The number of likely N-dealkylation sites (tertiary alicyclic amines) is 1. The maximum atomic E-state index is 12.0. The van der Waals surface area contributed by atoms with Gasteiger partial charge < -0.3 is 9.80 Å². The van der Waals surface area contributed by atoms with Crippen LogP contribution in [0.5, 0.6) is 0 Å². The number of amides is 2. The van der Waals surface area contributed by atoms with Gasteiger partial charge in [-0.2, -0.15) is 11.8 Å². The third-order valence-corrected chi connectivity index (χ3v) is 3.96. The molecule has 2 saturated heterocycles. The van der Waals surface area contributed by atoms with Gasteiger partial charge >= 0.3 is 0 Å². The van der Waals surface area contributed by atoms with Crippen LogP contribution in [-0.2, 0) is 9.59 Å². The van der Waals surface area contributed by atoms with Crippen molar-refractivity contribution in [2.45, 2.75) is 6.42 Å². The standard InChI is InChI=1S/C10H16N2O2S/c1-11-7-8(6-9(11)13)10(14)12-2-4-15-5-3-12/h8H,2-7H2,1H3/t8-/m1/s1. The predicted molar refractivity (Wildman–Crippen MR) is 59.6 cm³/mol. The second kappa shape index (κ2) is 4.43. The van der Waals surface area contributed by atoms with Crippen LogP contribution in [0.4, 0.5) is 0 Å². The lowest BCUT2D eigenvalue weighted by molar-refractivity contribution is -0.135.